The monoisotopic (exact) mass is 227 g/mol. The predicted octanol–water partition coefficient (Wildman–Crippen LogP) is 2.06. The lowest BCUT2D eigenvalue weighted by Crippen LogP contribution is -2.33. The Kier molecular flexibility index (Phi) is 5.83. The highest BCUT2D eigenvalue weighted by atomic mass is 32.1. The second-order valence-electron chi connectivity index (χ2n) is 3.89. The molecule has 1 aromatic rings. The van der Waals surface area contributed by atoms with E-state index in [0.717, 1.165) is 30.2 Å². The molecule has 3 N–H and O–H groups in total. The molecule has 0 fully saturated rings. The number of aromatic nitrogens is 1. The number of nitrogens with one attached hydrogen (secondary N) is 1. The molecule has 1 heterocycles. The minimum atomic E-state index is 0.282. The summed E-state index contributed by atoms with van der Waals surface area (Å²) in [5, 5.41) is 6.57. The van der Waals surface area contributed by atoms with Gasteiger partial charge in [0.05, 0.1) is 10.7 Å². The summed E-state index contributed by atoms with van der Waals surface area (Å²) in [5.41, 5.74) is 7.07. The zero-order valence-electron chi connectivity index (χ0n) is 9.62. The summed E-state index contributed by atoms with van der Waals surface area (Å²) >= 11 is 1.69. The summed E-state index contributed by atoms with van der Waals surface area (Å²) < 4.78 is 0. The van der Waals surface area contributed by atoms with Gasteiger partial charge in [0.2, 0.25) is 0 Å². The van der Waals surface area contributed by atoms with E-state index in [-0.39, 0.29) is 6.04 Å². The minimum absolute atomic E-state index is 0.282. The number of thiazole rings is 1. The molecular formula is C11H21N3S. The first-order chi connectivity index (χ1) is 7.22. The van der Waals surface area contributed by atoms with Crippen molar-refractivity contribution in [1.29, 1.82) is 0 Å². The Bertz CT molecular complexity index is 273. The average molecular weight is 227 g/mol. The van der Waals surface area contributed by atoms with Gasteiger partial charge in [0, 0.05) is 24.5 Å². The van der Waals surface area contributed by atoms with Crippen molar-refractivity contribution >= 4 is 11.3 Å². The van der Waals surface area contributed by atoms with E-state index in [4.69, 9.17) is 5.73 Å². The maximum Gasteiger partial charge on any atom is 0.0897 e. The largest absolute Gasteiger partial charge is 0.327 e. The van der Waals surface area contributed by atoms with Gasteiger partial charge in [0.15, 0.2) is 0 Å². The Hall–Kier alpha value is -0.450. The normalized spacial score (nSPS) is 13.0. The van der Waals surface area contributed by atoms with Gasteiger partial charge in [-0.25, -0.2) is 4.98 Å². The van der Waals surface area contributed by atoms with Crippen molar-refractivity contribution in [2.24, 2.45) is 5.73 Å². The lowest BCUT2D eigenvalue weighted by atomic mass is 10.1. The van der Waals surface area contributed by atoms with Gasteiger partial charge in [-0.1, -0.05) is 19.8 Å². The van der Waals surface area contributed by atoms with Gasteiger partial charge in [0.25, 0.3) is 0 Å². The van der Waals surface area contributed by atoms with Crippen molar-refractivity contribution in [3.63, 3.8) is 0 Å². The van der Waals surface area contributed by atoms with Crippen LogP contribution < -0.4 is 11.1 Å². The summed E-state index contributed by atoms with van der Waals surface area (Å²) in [5.74, 6) is 0. The fourth-order valence-corrected chi connectivity index (χ4v) is 2.06. The number of nitrogens with two attached hydrogens (primary N) is 1. The predicted molar refractivity (Wildman–Crippen MR) is 66.1 cm³/mol. The third-order valence-corrected chi connectivity index (χ3v) is 3.13. The van der Waals surface area contributed by atoms with E-state index < -0.39 is 0 Å². The zero-order valence-corrected chi connectivity index (χ0v) is 10.4. The molecule has 0 aliphatic rings. The summed E-state index contributed by atoms with van der Waals surface area (Å²) in [6.07, 6.45) is 3.55. The second kappa shape index (κ2) is 6.93. The lowest BCUT2D eigenvalue weighted by molar-refractivity contribution is 0.522. The van der Waals surface area contributed by atoms with Crippen molar-refractivity contribution < 1.29 is 0 Å². The van der Waals surface area contributed by atoms with E-state index in [0.29, 0.717) is 0 Å². The Labute approximate surface area is 96.1 Å². The molecule has 1 unspecified atom stereocenters. The van der Waals surface area contributed by atoms with Crippen molar-refractivity contribution in [2.75, 3.05) is 6.54 Å². The molecule has 86 valence electrons. The summed E-state index contributed by atoms with van der Waals surface area (Å²) in [4.78, 5) is 4.38. The lowest BCUT2D eigenvalue weighted by Gasteiger charge is -2.11. The Balaban J connectivity index is 2.10. The highest BCUT2D eigenvalue weighted by Gasteiger charge is 2.02. The van der Waals surface area contributed by atoms with E-state index in [1.165, 1.54) is 12.8 Å². The average Bonchev–Trinajstić information content (AvgIpc) is 2.61. The van der Waals surface area contributed by atoms with E-state index >= 15 is 0 Å². The summed E-state index contributed by atoms with van der Waals surface area (Å²) in [6, 6.07) is 0.282. The molecule has 15 heavy (non-hydrogen) atoms. The summed E-state index contributed by atoms with van der Waals surface area (Å²) in [7, 11) is 0. The van der Waals surface area contributed by atoms with Gasteiger partial charge in [0.1, 0.15) is 0 Å². The molecule has 0 amide bonds. The molecule has 1 atom stereocenters. The number of aryl methyl sites for hydroxylation is 1. The molecule has 0 aromatic carbocycles. The molecule has 0 saturated carbocycles. The molecular weight excluding hydrogens is 206 g/mol. The maximum atomic E-state index is 5.95. The van der Waals surface area contributed by atoms with Crippen LogP contribution >= 0.6 is 11.3 Å². The summed E-state index contributed by atoms with van der Waals surface area (Å²) in [6.45, 7) is 5.94. The van der Waals surface area contributed by atoms with Crippen molar-refractivity contribution in [1.82, 2.24) is 10.3 Å². The molecule has 0 radical (unpaired) electrons. The van der Waals surface area contributed by atoms with Crippen LogP contribution in [-0.4, -0.2) is 17.6 Å². The topological polar surface area (TPSA) is 50.9 Å². The molecule has 4 heteroatoms. The van der Waals surface area contributed by atoms with Gasteiger partial charge >= 0.3 is 0 Å². The fraction of sp³-hybridized carbons (Fsp3) is 0.727. The van der Waals surface area contributed by atoms with Crippen LogP contribution in [0.2, 0.25) is 0 Å². The first-order valence-electron chi connectivity index (χ1n) is 5.59. The molecule has 3 nitrogen and oxygen atoms in total. The van der Waals surface area contributed by atoms with E-state index in [1.54, 1.807) is 11.3 Å². The van der Waals surface area contributed by atoms with E-state index in [1.807, 2.05) is 6.92 Å². The molecule has 1 rings (SSSR count). The van der Waals surface area contributed by atoms with Crippen LogP contribution in [0.25, 0.3) is 0 Å². The number of unbranched alkanes of at least 4 members (excludes halogenated alkanes) is 1. The zero-order chi connectivity index (χ0) is 11.1. The number of hydrogen-bond donors (Lipinski definition) is 2. The van der Waals surface area contributed by atoms with Crippen LogP contribution in [0.4, 0.5) is 0 Å². The van der Waals surface area contributed by atoms with Gasteiger partial charge in [-0.2, -0.15) is 0 Å². The molecule has 0 bridgehead atoms. The Morgan fingerprint density at radius 1 is 1.60 bits per heavy atom. The third-order valence-electron chi connectivity index (χ3n) is 2.31. The Morgan fingerprint density at radius 3 is 3.00 bits per heavy atom. The van der Waals surface area contributed by atoms with E-state index in [9.17, 15) is 0 Å². The van der Waals surface area contributed by atoms with E-state index in [2.05, 4.69) is 22.6 Å². The molecule has 0 spiro atoms. The fourth-order valence-electron chi connectivity index (χ4n) is 1.44. The van der Waals surface area contributed by atoms with Crippen LogP contribution in [0.5, 0.6) is 0 Å². The third kappa shape index (κ3) is 5.25. The van der Waals surface area contributed by atoms with Gasteiger partial charge < -0.3 is 11.1 Å². The molecule has 1 aromatic heterocycles. The van der Waals surface area contributed by atoms with Crippen LogP contribution in [0.3, 0.4) is 0 Å². The standard InChI is InChI=1S/C11H21N3S/c1-3-4-5-10(12)6-13-7-11-8-15-9(2)14-11/h8,10,13H,3-7,12H2,1-2H3. The highest BCUT2D eigenvalue weighted by molar-refractivity contribution is 7.09. The van der Waals surface area contributed by atoms with Crippen molar-refractivity contribution in [3.05, 3.63) is 16.1 Å². The Morgan fingerprint density at radius 2 is 2.40 bits per heavy atom. The molecule has 0 aliphatic carbocycles. The van der Waals surface area contributed by atoms with Crippen molar-refractivity contribution in [3.8, 4) is 0 Å². The minimum Gasteiger partial charge on any atom is -0.327 e. The van der Waals surface area contributed by atoms with Crippen LogP contribution in [0.15, 0.2) is 5.38 Å². The second-order valence-corrected chi connectivity index (χ2v) is 4.95. The smallest absolute Gasteiger partial charge is 0.0897 e. The first-order valence-corrected chi connectivity index (χ1v) is 6.47. The quantitative estimate of drug-likeness (QED) is 0.749. The van der Waals surface area contributed by atoms with Gasteiger partial charge in [-0.15, -0.1) is 11.3 Å². The van der Waals surface area contributed by atoms with Crippen LogP contribution in [0, 0.1) is 6.92 Å². The molecule has 0 saturated heterocycles. The first kappa shape index (κ1) is 12.6. The number of nitrogens with zero attached hydrogens (tertiary/aromatic N) is 1. The maximum absolute atomic E-state index is 5.95. The van der Waals surface area contributed by atoms with Gasteiger partial charge in [-0.3, -0.25) is 0 Å². The highest BCUT2D eigenvalue weighted by Crippen LogP contribution is 2.07. The van der Waals surface area contributed by atoms with Gasteiger partial charge in [-0.05, 0) is 13.3 Å². The SMILES string of the molecule is CCCCC(N)CNCc1csc(C)n1. The van der Waals surface area contributed by atoms with Crippen LogP contribution in [-0.2, 0) is 6.54 Å². The molecule has 0 aliphatic heterocycles. The van der Waals surface area contributed by atoms with Crippen LogP contribution in [0.1, 0.15) is 36.9 Å². The number of hydrogen-bond acceptors (Lipinski definition) is 4. The number of rotatable bonds is 7. The van der Waals surface area contributed by atoms with Crippen molar-refractivity contribution in [2.45, 2.75) is 45.7 Å².